The first-order chi connectivity index (χ1) is 5.25. The first-order valence-electron chi connectivity index (χ1n) is 3.82. The topological polar surface area (TPSA) is 86.2 Å². The molecule has 70 valence electrons. The number of carbonyl (C=O) groups is 2. The van der Waals surface area contributed by atoms with Crippen LogP contribution >= 0.6 is 0 Å². The van der Waals surface area contributed by atoms with E-state index >= 15 is 0 Å². The molecule has 4 N–H and O–H groups in total. The van der Waals surface area contributed by atoms with Crippen LogP contribution in [0.5, 0.6) is 0 Å². The molecule has 4 heteroatoms. The van der Waals surface area contributed by atoms with Gasteiger partial charge in [-0.2, -0.15) is 0 Å². The second-order valence-corrected chi connectivity index (χ2v) is 3.99. The Balaban J connectivity index is 4.46. The minimum absolute atomic E-state index is 0.0266. The number of rotatable bonds is 3. The van der Waals surface area contributed by atoms with Crippen LogP contribution in [0.25, 0.3) is 0 Å². The average molecular weight is 172 g/mol. The lowest BCUT2D eigenvalue weighted by molar-refractivity contribution is -0.130. The van der Waals surface area contributed by atoms with Crippen LogP contribution in [0.15, 0.2) is 0 Å². The highest BCUT2D eigenvalue weighted by Crippen LogP contribution is 2.27. The summed E-state index contributed by atoms with van der Waals surface area (Å²) in [6.07, 6.45) is 0.0266. The predicted octanol–water partition coefficient (Wildman–Crippen LogP) is 0.00940. The maximum atomic E-state index is 10.9. The van der Waals surface area contributed by atoms with Gasteiger partial charge < -0.3 is 11.5 Å². The molecule has 0 saturated heterocycles. The molecule has 1 atom stereocenters. The molecule has 1 unspecified atom stereocenters. The van der Waals surface area contributed by atoms with Crippen LogP contribution < -0.4 is 11.5 Å². The molecular formula is C8H16N2O2. The van der Waals surface area contributed by atoms with Crippen molar-refractivity contribution < 1.29 is 9.59 Å². The van der Waals surface area contributed by atoms with Crippen LogP contribution in [0.2, 0.25) is 0 Å². The molecule has 0 radical (unpaired) electrons. The van der Waals surface area contributed by atoms with Crippen molar-refractivity contribution >= 4 is 11.8 Å². The van der Waals surface area contributed by atoms with E-state index in [0.717, 1.165) is 0 Å². The highest BCUT2D eigenvalue weighted by Gasteiger charge is 2.30. The minimum atomic E-state index is -0.492. The molecule has 0 saturated carbocycles. The second-order valence-electron chi connectivity index (χ2n) is 3.99. The summed E-state index contributed by atoms with van der Waals surface area (Å²) in [6, 6.07) is 0. The van der Waals surface area contributed by atoms with Crippen LogP contribution in [0.3, 0.4) is 0 Å². The summed E-state index contributed by atoms with van der Waals surface area (Å²) >= 11 is 0. The van der Waals surface area contributed by atoms with Crippen LogP contribution in [-0.4, -0.2) is 11.8 Å². The summed E-state index contributed by atoms with van der Waals surface area (Å²) in [5.74, 6) is -1.44. The third-order valence-corrected chi connectivity index (χ3v) is 1.79. The number of hydrogen-bond acceptors (Lipinski definition) is 2. The summed E-state index contributed by atoms with van der Waals surface area (Å²) in [5.41, 5.74) is 9.80. The molecule has 0 aromatic rings. The zero-order valence-electron chi connectivity index (χ0n) is 7.76. The molecule has 0 spiro atoms. The highest BCUT2D eigenvalue weighted by atomic mass is 16.2. The Morgan fingerprint density at radius 1 is 1.25 bits per heavy atom. The lowest BCUT2D eigenvalue weighted by atomic mass is 9.78. The molecule has 0 aliphatic rings. The van der Waals surface area contributed by atoms with E-state index in [1.165, 1.54) is 0 Å². The molecule has 0 fully saturated rings. The van der Waals surface area contributed by atoms with Crippen LogP contribution in [0.4, 0.5) is 0 Å². The van der Waals surface area contributed by atoms with Gasteiger partial charge in [0.2, 0.25) is 11.8 Å². The fraction of sp³-hybridized carbons (Fsp3) is 0.750. The summed E-state index contributed by atoms with van der Waals surface area (Å²) in [7, 11) is 0. The first kappa shape index (κ1) is 10.9. The second kappa shape index (κ2) is 3.56. The van der Waals surface area contributed by atoms with Crippen molar-refractivity contribution in [2.45, 2.75) is 27.2 Å². The van der Waals surface area contributed by atoms with Crippen molar-refractivity contribution in [3.8, 4) is 0 Å². The Morgan fingerprint density at radius 3 is 1.75 bits per heavy atom. The maximum absolute atomic E-state index is 10.9. The Kier molecular flexibility index (Phi) is 3.24. The fourth-order valence-electron chi connectivity index (χ4n) is 1.03. The van der Waals surface area contributed by atoms with Gasteiger partial charge in [-0.1, -0.05) is 20.8 Å². The molecule has 2 amide bonds. The van der Waals surface area contributed by atoms with Gasteiger partial charge in [0.05, 0.1) is 5.92 Å². The number of amides is 2. The van der Waals surface area contributed by atoms with E-state index < -0.39 is 17.7 Å². The van der Waals surface area contributed by atoms with Gasteiger partial charge in [0.25, 0.3) is 0 Å². The smallest absolute Gasteiger partial charge is 0.221 e. The molecular weight excluding hydrogens is 156 g/mol. The number of nitrogens with two attached hydrogens (primary N) is 2. The average Bonchev–Trinajstić information content (AvgIpc) is 1.79. The molecule has 0 aliphatic heterocycles. The van der Waals surface area contributed by atoms with Crippen molar-refractivity contribution in [3.63, 3.8) is 0 Å². The predicted molar refractivity (Wildman–Crippen MR) is 46.0 cm³/mol. The molecule has 0 aromatic heterocycles. The van der Waals surface area contributed by atoms with Crippen LogP contribution in [0, 0.1) is 11.3 Å². The third-order valence-electron chi connectivity index (χ3n) is 1.79. The monoisotopic (exact) mass is 172 g/mol. The fourth-order valence-corrected chi connectivity index (χ4v) is 1.03. The maximum Gasteiger partial charge on any atom is 0.221 e. The zero-order chi connectivity index (χ0) is 9.94. The van der Waals surface area contributed by atoms with E-state index in [1.54, 1.807) is 0 Å². The lowest BCUT2D eigenvalue weighted by Gasteiger charge is -2.26. The van der Waals surface area contributed by atoms with Crippen LogP contribution in [0.1, 0.15) is 27.2 Å². The molecule has 12 heavy (non-hydrogen) atoms. The largest absolute Gasteiger partial charge is 0.370 e. The number of primary amides is 2. The number of carbonyl (C=O) groups excluding carboxylic acids is 2. The van der Waals surface area contributed by atoms with Crippen molar-refractivity contribution in [3.05, 3.63) is 0 Å². The molecule has 0 bridgehead atoms. The van der Waals surface area contributed by atoms with Gasteiger partial charge in [0.1, 0.15) is 0 Å². The first-order valence-corrected chi connectivity index (χ1v) is 3.82. The molecule has 0 heterocycles. The van der Waals surface area contributed by atoms with Crippen molar-refractivity contribution in [1.82, 2.24) is 0 Å². The molecule has 0 aliphatic carbocycles. The Morgan fingerprint density at radius 2 is 1.67 bits per heavy atom. The molecule has 0 rings (SSSR count). The van der Waals surface area contributed by atoms with E-state index in [-0.39, 0.29) is 11.8 Å². The van der Waals surface area contributed by atoms with E-state index in [4.69, 9.17) is 11.5 Å². The SMILES string of the molecule is CC(C)(C)C(CC(N)=O)C(N)=O. The van der Waals surface area contributed by atoms with E-state index in [0.29, 0.717) is 0 Å². The van der Waals surface area contributed by atoms with Crippen molar-refractivity contribution in [2.75, 3.05) is 0 Å². The lowest BCUT2D eigenvalue weighted by Crippen LogP contribution is -2.36. The van der Waals surface area contributed by atoms with Gasteiger partial charge in [0, 0.05) is 6.42 Å². The Labute approximate surface area is 72.3 Å². The highest BCUT2D eigenvalue weighted by molar-refractivity contribution is 5.84. The minimum Gasteiger partial charge on any atom is -0.370 e. The van der Waals surface area contributed by atoms with Gasteiger partial charge in [-0.15, -0.1) is 0 Å². The standard InChI is InChI=1S/C8H16N2O2/c1-8(2,3)5(7(10)12)4-6(9)11/h5H,4H2,1-3H3,(H2,9,11)(H2,10,12). The third kappa shape index (κ3) is 3.37. The summed E-state index contributed by atoms with van der Waals surface area (Å²) < 4.78 is 0. The molecule has 0 aromatic carbocycles. The van der Waals surface area contributed by atoms with E-state index in [2.05, 4.69) is 0 Å². The van der Waals surface area contributed by atoms with Gasteiger partial charge in [-0.25, -0.2) is 0 Å². The summed E-state index contributed by atoms with van der Waals surface area (Å²) in [5, 5.41) is 0. The number of hydrogen-bond donors (Lipinski definition) is 2. The summed E-state index contributed by atoms with van der Waals surface area (Å²) in [4.78, 5) is 21.5. The normalized spacial score (nSPS) is 13.9. The van der Waals surface area contributed by atoms with Crippen molar-refractivity contribution in [1.29, 1.82) is 0 Å². The van der Waals surface area contributed by atoms with Crippen LogP contribution in [-0.2, 0) is 9.59 Å². The van der Waals surface area contributed by atoms with E-state index in [1.807, 2.05) is 20.8 Å². The zero-order valence-corrected chi connectivity index (χ0v) is 7.76. The van der Waals surface area contributed by atoms with Gasteiger partial charge in [-0.3, -0.25) is 9.59 Å². The van der Waals surface area contributed by atoms with Gasteiger partial charge >= 0.3 is 0 Å². The van der Waals surface area contributed by atoms with Crippen molar-refractivity contribution in [2.24, 2.45) is 22.8 Å². The summed E-state index contributed by atoms with van der Waals surface area (Å²) in [6.45, 7) is 5.56. The Bertz CT molecular complexity index is 194. The van der Waals surface area contributed by atoms with Gasteiger partial charge in [-0.05, 0) is 5.41 Å². The van der Waals surface area contributed by atoms with Gasteiger partial charge in [0.15, 0.2) is 0 Å². The Hall–Kier alpha value is -1.06. The quantitative estimate of drug-likeness (QED) is 0.628. The van der Waals surface area contributed by atoms with E-state index in [9.17, 15) is 9.59 Å². The molecule has 4 nitrogen and oxygen atoms in total.